The van der Waals surface area contributed by atoms with E-state index in [1.54, 1.807) is 6.07 Å². The molecule has 1 nitrogen and oxygen atoms in total. The molecule has 0 radical (unpaired) electrons. The minimum atomic E-state index is -0.265. The summed E-state index contributed by atoms with van der Waals surface area (Å²) >= 11 is 0. The maximum absolute atomic E-state index is 13.0. The molecule has 2 rings (SSSR count). The fraction of sp³-hybridized carbons (Fsp3) is 0.562. The summed E-state index contributed by atoms with van der Waals surface area (Å²) < 4.78 is 13.0. The van der Waals surface area contributed by atoms with Gasteiger partial charge in [-0.1, -0.05) is 38.5 Å². The molecule has 18 heavy (non-hydrogen) atoms. The van der Waals surface area contributed by atoms with Crippen molar-refractivity contribution in [3.8, 4) is 0 Å². The quantitative estimate of drug-likeness (QED) is 0.561. The molecule has 0 aliphatic heterocycles. The van der Waals surface area contributed by atoms with Crippen molar-refractivity contribution in [3.63, 3.8) is 0 Å². The predicted molar refractivity (Wildman–Crippen MR) is 71.3 cm³/mol. The van der Waals surface area contributed by atoms with Gasteiger partial charge in [0.25, 0.3) is 0 Å². The van der Waals surface area contributed by atoms with Crippen LogP contribution in [0, 0.1) is 18.7 Å². The Morgan fingerprint density at radius 3 is 2.50 bits per heavy atom. The van der Waals surface area contributed by atoms with E-state index in [2.05, 4.69) is 0 Å². The van der Waals surface area contributed by atoms with Crippen molar-refractivity contribution in [2.75, 3.05) is 0 Å². The Morgan fingerprint density at radius 2 is 1.89 bits per heavy atom. The molecule has 0 spiro atoms. The van der Waals surface area contributed by atoms with Crippen LogP contribution >= 0.6 is 0 Å². The molecule has 0 amide bonds. The highest BCUT2D eigenvalue weighted by atomic mass is 19.1. The van der Waals surface area contributed by atoms with Crippen molar-refractivity contribution in [3.05, 3.63) is 35.1 Å². The third kappa shape index (κ3) is 3.41. The summed E-state index contributed by atoms with van der Waals surface area (Å²) in [5, 5.41) is 0. The molecule has 1 aromatic carbocycles. The summed E-state index contributed by atoms with van der Waals surface area (Å²) in [7, 11) is 0. The Balaban J connectivity index is 2.02. The molecule has 98 valence electrons. The third-order valence-electron chi connectivity index (χ3n) is 3.94. The lowest BCUT2D eigenvalue weighted by Gasteiger charge is -2.13. The number of aryl methyl sites for hydroxylation is 1. The van der Waals surface area contributed by atoms with Crippen LogP contribution in [0.2, 0.25) is 0 Å². The first-order chi connectivity index (χ1) is 8.66. The van der Waals surface area contributed by atoms with Gasteiger partial charge in [0.2, 0.25) is 0 Å². The SMILES string of the molecule is Cc1cc(F)ccc1C(=O)CC1CCCCCC1. The molecule has 2 heteroatoms. The normalized spacial score (nSPS) is 17.4. The zero-order chi connectivity index (χ0) is 13.0. The van der Waals surface area contributed by atoms with Crippen LogP contribution < -0.4 is 0 Å². The first kappa shape index (κ1) is 13.3. The average molecular weight is 248 g/mol. The lowest BCUT2D eigenvalue weighted by molar-refractivity contribution is 0.0956. The topological polar surface area (TPSA) is 17.1 Å². The Labute approximate surface area is 108 Å². The van der Waals surface area contributed by atoms with Crippen molar-refractivity contribution in [1.29, 1.82) is 0 Å². The van der Waals surface area contributed by atoms with E-state index in [1.807, 2.05) is 6.92 Å². The van der Waals surface area contributed by atoms with Gasteiger partial charge in [-0.15, -0.1) is 0 Å². The fourth-order valence-corrected chi connectivity index (χ4v) is 2.88. The second kappa shape index (κ2) is 6.12. The van der Waals surface area contributed by atoms with E-state index in [0.29, 0.717) is 17.9 Å². The maximum Gasteiger partial charge on any atom is 0.163 e. The summed E-state index contributed by atoms with van der Waals surface area (Å²) in [6, 6.07) is 4.46. The maximum atomic E-state index is 13.0. The van der Waals surface area contributed by atoms with Gasteiger partial charge in [0.05, 0.1) is 0 Å². The Morgan fingerprint density at radius 1 is 1.22 bits per heavy atom. The molecule has 0 atom stereocenters. The highest BCUT2D eigenvalue weighted by Crippen LogP contribution is 2.27. The van der Waals surface area contributed by atoms with Crippen LogP contribution in [0.15, 0.2) is 18.2 Å². The van der Waals surface area contributed by atoms with Crippen molar-refractivity contribution in [2.45, 2.75) is 51.9 Å². The molecule has 0 N–H and O–H groups in total. The lowest BCUT2D eigenvalue weighted by Crippen LogP contribution is -2.09. The monoisotopic (exact) mass is 248 g/mol. The number of hydrogen-bond donors (Lipinski definition) is 0. The van der Waals surface area contributed by atoms with Gasteiger partial charge in [-0.25, -0.2) is 4.39 Å². The molecule has 0 saturated heterocycles. The fourth-order valence-electron chi connectivity index (χ4n) is 2.88. The van der Waals surface area contributed by atoms with Gasteiger partial charge in [-0.2, -0.15) is 0 Å². The van der Waals surface area contributed by atoms with Crippen molar-refractivity contribution >= 4 is 5.78 Å². The van der Waals surface area contributed by atoms with E-state index in [1.165, 1.54) is 50.7 Å². The van der Waals surface area contributed by atoms with Crippen LogP contribution in [0.5, 0.6) is 0 Å². The molecule has 1 aromatic rings. The van der Waals surface area contributed by atoms with Gasteiger partial charge in [0.15, 0.2) is 5.78 Å². The van der Waals surface area contributed by atoms with Crippen molar-refractivity contribution in [1.82, 2.24) is 0 Å². The van der Waals surface area contributed by atoms with Gasteiger partial charge in [0.1, 0.15) is 5.82 Å². The van der Waals surface area contributed by atoms with E-state index in [-0.39, 0.29) is 11.6 Å². The molecule has 0 unspecified atom stereocenters. The average Bonchev–Trinajstić information content (AvgIpc) is 2.57. The van der Waals surface area contributed by atoms with Crippen molar-refractivity contribution in [2.24, 2.45) is 5.92 Å². The first-order valence-electron chi connectivity index (χ1n) is 6.96. The van der Waals surface area contributed by atoms with Gasteiger partial charge >= 0.3 is 0 Å². The van der Waals surface area contributed by atoms with Gasteiger partial charge in [-0.3, -0.25) is 4.79 Å². The largest absolute Gasteiger partial charge is 0.294 e. The van der Waals surface area contributed by atoms with Crippen LogP contribution in [-0.4, -0.2) is 5.78 Å². The third-order valence-corrected chi connectivity index (χ3v) is 3.94. The zero-order valence-corrected chi connectivity index (χ0v) is 11.0. The number of benzene rings is 1. The highest BCUT2D eigenvalue weighted by Gasteiger charge is 2.18. The second-order valence-electron chi connectivity index (χ2n) is 5.44. The molecule has 0 bridgehead atoms. The summed E-state index contributed by atoms with van der Waals surface area (Å²) in [4.78, 5) is 12.2. The van der Waals surface area contributed by atoms with Crippen LogP contribution in [0.1, 0.15) is 60.9 Å². The number of Topliss-reactive ketones (excluding diaryl/α,β-unsaturated/α-hetero) is 1. The number of carbonyl (C=O) groups is 1. The molecular formula is C16H21FO. The molecule has 1 saturated carbocycles. The number of rotatable bonds is 3. The number of carbonyl (C=O) groups excluding carboxylic acids is 1. The lowest BCUT2D eigenvalue weighted by atomic mass is 9.91. The molecule has 0 aromatic heterocycles. The summed E-state index contributed by atoms with van der Waals surface area (Å²) in [5.41, 5.74) is 1.45. The highest BCUT2D eigenvalue weighted by molar-refractivity contribution is 5.97. The Bertz CT molecular complexity index is 417. The van der Waals surface area contributed by atoms with Crippen LogP contribution in [0.3, 0.4) is 0 Å². The number of ketones is 1. The standard InChI is InChI=1S/C16H21FO/c1-12-10-14(17)8-9-15(12)16(18)11-13-6-4-2-3-5-7-13/h8-10,13H,2-7,11H2,1H3. The van der Waals surface area contributed by atoms with Crippen LogP contribution in [0.25, 0.3) is 0 Å². The van der Waals surface area contributed by atoms with Gasteiger partial charge < -0.3 is 0 Å². The molecule has 1 aliphatic rings. The van der Waals surface area contributed by atoms with Gasteiger partial charge in [0, 0.05) is 12.0 Å². The minimum Gasteiger partial charge on any atom is -0.294 e. The summed E-state index contributed by atoms with van der Waals surface area (Å²) in [5.74, 6) is 0.447. The van der Waals surface area contributed by atoms with Crippen LogP contribution in [-0.2, 0) is 0 Å². The second-order valence-corrected chi connectivity index (χ2v) is 5.44. The summed E-state index contributed by atoms with van der Waals surface area (Å²) in [6.45, 7) is 1.81. The minimum absolute atomic E-state index is 0.180. The zero-order valence-electron chi connectivity index (χ0n) is 11.0. The smallest absolute Gasteiger partial charge is 0.163 e. The Hall–Kier alpha value is -1.18. The Kier molecular flexibility index (Phi) is 4.51. The molecule has 0 heterocycles. The van der Waals surface area contributed by atoms with E-state index >= 15 is 0 Å². The number of hydrogen-bond acceptors (Lipinski definition) is 1. The van der Waals surface area contributed by atoms with E-state index < -0.39 is 0 Å². The van der Waals surface area contributed by atoms with E-state index in [0.717, 1.165) is 5.56 Å². The molecular weight excluding hydrogens is 227 g/mol. The number of halogens is 1. The predicted octanol–water partition coefficient (Wildman–Crippen LogP) is 4.68. The van der Waals surface area contributed by atoms with Crippen LogP contribution in [0.4, 0.5) is 4.39 Å². The molecule has 1 fully saturated rings. The first-order valence-corrected chi connectivity index (χ1v) is 6.96. The van der Waals surface area contributed by atoms with E-state index in [4.69, 9.17) is 0 Å². The summed E-state index contributed by atoms with van der Waals surface area (Å²) in [6.07, 6.45) is 8.09. The molecule has 1 aliphatic carbocycles. The van der Waals surface area contributed by atoms with Crippen molar-refractivity contribution < 1.29 is 9.18 Å². The van der Waals surface area contributed by atoms with Gasteiger partial charge in [-0.05, 0) is 36.6 Å². The van der Waals surface area contributed by atoms with E-state index in [9.17, 15) is 9.18 Å².